The lowest BCUT2D eigenvalue weighted by atomic mass is 10.0. The normalized spacial score (nSPS) is 16.5. The Morgan fingerprint density at radius 1 is 1.37 bits per heavy atom. The molecule has 41 heavy (non-hydrogen) atoms. The van der Waals surface area contributed by atoms with Crippen LogP contribution in [-0.4, -0.2) is 55.1 Å². The van der Waals surface area contributed by atoms with Crippen LogP contribution in [0.25, 0.3) is 22.8 Å². The fraction of sp³-hybridized carbons (Fsp3) is 0.296. The topological polar surface area (TPSA) is 133 Å². The number of amides is 1. The van der Waals surface area contributed by atoms with Gasteiger partial charge in [-0.1, -0.05) is 24.3 Å². The third kappa shape index (κ3) is 5.24. The Labute approximate surface area is 235 Å². The van der Waals surface area contributed by atoms with Gasteiger partial charge < -0.3 is 15.2 Å². The Morgan fingerprint density at radius 3 is 2.80 bits per heavy atom. The Morgan fingerprint density at radius 2 is 2.15 bits per heavy atom. The van der Waals surface area contributed by atoms with Gasteiger partial charge in [-0.3, -0.25) is 14.9 Å². The highest BCUT2D eigenvalue weighted by Crippen LogP contribution is 2.56. The van der Waals surface area contributed by atoms with Crippen LogP contribution in [-0.2, 0) is 0 Å². The van der Waals surface area contributed by atoms with Crippen molar-refractivity contribution in [3.63, 3.8) is 0 Å². The minimum absolute atomic E-state index is 0.0134. The summed E-state index contributed by atoms with van der Waals surface area (Å²) in [5.74, 6) is -1.45. The summed E-state index contributed by atoms with van der Waals surface area (Å²) in [7, 11) is 0. The maximum atomic E-state index is 13.7. The molecule has 14 heteroatoms. The number of aromatic nitrogens is 5. The van der Waals surface area contributed by atoms with E-state index in [1.54, 1.807) is 18.3 Å². The zero-order chi connectivity index (χ0) is 28.9. The molecule has 2 aliphatic rings. The van der Waals surface area contributed by atoms with Crippen molar-refractivity contribution in [1.29, 1.82) is 0 Å². The second-order valence-electron chi connectivity index (χ2n) is 10.00. The number of benzene rings is 1. The molecule has 2 N–H and O–H groups in total. The van der Waals surface area contributed by atoms with E-state index < -0.39 is 30.5 Å². The monoisotopic (exact) mass is 584 g/mol. The van der Waals surface area contributed by atoms with Gasteiger partial charge in [0.2, 0.25) is 5.88 Å². The lowest BCUT2D eigenvalue weighted by Crippen LogP contribution is -2.27. The van der Waals surface area contributed by atoms with Gasteiger partial charge in [-0.05, 0) is 61.3 Å². The number of aromatic amines is 1. The number of anilines is 1. The maximum Gasteiger partial charge on any atom is 0.422 e. The average Bonchev–Trinajstić information content (AvgIpc) is 3.84. The fourth-order valence-electron chi connectivity index (χ4n) is 4.86. The van der Waals surface area contributed by atoms with Crippen molar-refractivity contribution in [3.8, 4) is 11.7 Å². The van der Waals surface area contributed by atoms with Crippen LogP contribution in [0, 0.1) is 5.92 Å². The highest BCUT2D eigenvalue weighted by molar-refractivity contribution is 6.32. The molecule has 0 radical (unpaired) electrons. The Hall–Kier alpha value is -4.39. The minimum Gasteiger partial charge on any atom is -0.858 e. The lowest BCUT2D eigenvalue weighted by Gasteiger charge is -2.22. The molecule has 0 bridgehead atoms. The summed E-state index contributed by atoms with van der Waals surface area (Å²) in [4.78, 5) is 22.4. The van der Waals surface area contributed by atoms with Crippen LogP contribution in [0.3, 0.4) is 0 Å². The quantitative estimate of drug-likeness (QED) is 0.217. The summed E-state index contributed by atoms with van der Waals surface area (Å²) < 4.78 is 44.3. The zero-order valence-electron chi connectivity index (χ0n) is 21.3. The first-order valence-corrected chi connectivity index (χ1v) is 13.1. The number of ether oxygens (including phenoxy) is 1. The average molecular weight is 585 g/mol. The molecule has 0 spiro atoms. The van der Waals surface area contributed by atoms with E-state index in [1.807, 2.05) is 0 Å². The summed E-state index contributed by atoms with van der Waals surface area (Å²) in [6.45, 7) is 2.20. The third-order valence-corrected chi connectivity index (χ3v) is 7.40. The van der Waals surface area contributed by atoms with Crippen LogP contribution in [0.5, 0.6) is 5.88 Å². The van der Waals surface area contributed by atoms with Crippen LogP contribution >= 0.6 is 11.6 Å². The number of H-pyrrole nitrogens is 1. The van der Waals surface area contributed by atoms with E-state index in [9.17, 15) is 23.1 Å². The molecule has 1 aromatic carbocycles. The minimum atomic E-state index is -4.63. The molecular formula is C27H22ClF3N7O3-. The molecule has 2 aliphatic carbocycles. The fourth-order valence-corrected chi connectivity index (χ4v) is 5.06. The number of hydrogen-bond donors (Lipinski definition) is 2. The predicted octanol–water partition coefficient (Wildman–Crippen LogP) is 4.68. The van der Waals surface area contributed by atoms with Crippen LogP contribution in [0.1, 0.15) is 47.3 Å². The number of hydrogen-bond acceptors (Lipinski definition) is 7. The molecular weight excluding hydrogens is 563 g/mol. The highest BCUT2D eigenvalue weighted by atomic mass is 35.5. The number of fused-ring (bicyclic) bond motifs is 1. The number of alkyl halides is 3. The second-order valence-corrected chi connectivity index (χ2v) is 10.4. The van der Waals surface area contributed by atoms with Gasteiger partial charge in [-0.2, -0.15) is 18.3 Å². The molecule has 2 saturated carbocycles. The molecule has 0 aliphatic heterocycles. The van der Waals surface area contributed by atoms with Crippen molar-refractivity contribution in [2.75, 3.05) is 11.9 Å². The molecule has 6 rings (SSSR count). The van der Waals surface area contributed by atoms with Crippen molar-refractivity contribution < 1.29 is 27.8 Å². The third-order valence-electron chi connectivity index (χ3n) is 7.11. The van der Waals surface area contributed by atoms with Crippen molar-refractivity contribution in [2.45, 2.75) is 37.4 Å². The van der Waals surface area contributed by atoms with Gasteiger partial charge in [-0.15, -0.1) is 5.10 Å². The van der Waals surface area contributed by atoms with Crippen LogP contribution in [0.4, 0.5) is 18.9 Å². The number of carbonyl (C=O) groups excluding carboxylic acids is 1. The Bertz CT molecular complexity index is 1700. The van der Waals surface area contributed by atoms with Gasteiger partial charge in [0.25, 0.3) is 5.91 Å². The number of aliphatic imine (C=N–C) groups is 1. The van der Waals surface area contributed by atoms with Crippen LogP contribution < -0.4 is 15.2 Å². The lowest BCUT2D eigenvalue weighted by molar-refractivity contribution is -0.213. The largest absolute Gasteiger partial charge is 0.858 e. The van der Waals surface area contributed by atoms with Gasteiger partial charge in [0, 0.05) is 23.2 Å². The van der Waals surface area contributed by atoms with Crippen molar-refractivity contribution in [3.05, 3.63) is 65.1 Å². The smallest absolute Gasteiger partial charge is 0.422 e. The van der Waals surface area contributed by atoms with Crippen molar-refractivity contribution >= 4 is 46.1 Å². The summed E-state index contributed by atoms with van der Waals surface area (Å²) >= 11 is 6.26. The van der Waals surface area contributed by atoms with Crippen molar-refractivity contribution in [2.24, 2.45) is 10.9 Å². The molecule has 212 valence electrons. The van der Waals surface area contributed by atoms with Gasteiger partial charge >= 0.3 is 6.18 Å². The number of halogens is 4. The molecule has 4 aromatic rings. The molecule has 0 unspecified atom stereocenters. The first-order chi connectivity index (χ1) is 19.6. The number of rotatable bonds is 9. The van der Waals surface area contributed by atoms with Gasteiger partial charge in [0.1, 0.15) is 5.69 Å². The second kappa shape index (κ2) is 9.91. The molecule has 2 fully saturated rings. The van der Waals surface area contributed by atoms with Crippen LogP contribution in [0.15, 0.2) is 48.2 Å². The highest BCUT2D eigenvalue weighted by Gasteiger charge is 2.53. The van der Waals surface area contributed by atoms with E-state index in [0.717, 1.165) is 36.4 Å². The summed E-state index contributed by atoms with van der Waals surface area (Å²) in [6.07, 6.45) is 3.45. The summed E-state index contributed by atoms with van der Waals surface area (Å²) in [5, 5.41) is 28.0. The van der Waals surface area contributed by atoms with Gasteiger partial charge in [0.05, 0.1) is 28.0 Å². The van der Waals surface area contributed by atoms with E-state index in [-0.39, 0.29) is 33.3 Å². The van der Waals surface area contributed by atoms with E-state index in [1.165, 1.54) is 18.3 Å². The van der Waals surface area contributed by atoms with E-state index >= 15 is 0 Å². The molecule has 1 amide bonds. The zero-order valence-corrected chi connectivity index (χ0v) is 22.1. The Kier molecular flexibility index (Phi) is 6.48. The number of nitrogens with zero attached hydrogens (tertiary/aromatic N) is 5. The molecule has 3 heterocycles. The van der Waals surface area contributed by atoms with E-state index in [0.29, 0.717) is 22.4 Å². The predicted molar refractivity (Wildman–Crippen MR) is 143 cm³/mol. The molecule has 3 aromatic heterocycles. The first kappa shape index (κ1) is 26.8. The van der Waals surface area contributed by atoms with E-state index in [4.69, 9.17) is 16.3 Å². The Balaban J connectivity index is 1.44. The standard InChI is InChI=1S/C27H23ClF3N7O3/c1-2-14-10-15-12-33-36-22(15)20(25(40)35-26(7-8-26)16-5-6-16)21(14)34-24(39)18-11-19(41-13-27(29,30)31)37-38(18)23-17(28)4-3-9-32-23/h2-4,9-12,16H,1,5-8,13H2,(H,33,36)(H,34,39)(H,35,40)/p-1. The molecule has 10 nitrogen and oxygen atoms in total. The van der Waals surface area contributed by atoms with Crippen LogP contribution in [0.2, 0.25) is 5.02 Å². The summed E-state index contributed by atoms with van der Waals surface area (Å²) in [5.41, 5.74) is 0.382. The first-order valence-electron chi connectivity index (χ1n) is 12.7. The molecule has 0 atom stereocenters. The van der Waals surface area contributed by atoms with Crippen molar-refractivity contribution in [1.82, 2.24) is 25.0 Å². The number of carbonyl (C=O) groups is 1. The maximum absolute atomic E-state index is 13.7. The van der Waals surface area contributed by atoms with Gasteiger partial charge in [0.15, 0.2) is 12.4 Å². The number of pyridine rings is 1. The number of nitrogens with one attached hydrogen (secondary N) is 2. The SMILES string of the molecule is C=Cc1cc2cn[nH]c2c(C([O-])=NC2(C3CC3)CC2)c1NC(=O)c1cc(OCC(F)(F)F)nn1-c1ncccc1Cl. The van der Waals surface area contributed by atoms with E-state index in [2.05, 4.69) is 37.2 Å². The molecule has 0 saturated heterocycles. The summed E-state index contributed by atoms with van der Waals surface area (Å²) in [6, 6.07) is 5.75. The van der Waals surface area contributed by atoms with Gasteiger partial charge in [-0.25, -0.2) is 9.67 Å².